The van der Waals surface area contributed by atoms with Crippen molar-refractivity contribution < 1.29 is 4.79 Å². The molecule has 3 nitrogen and oxygen atoms in total. The van der Waals surface area contributed by atoms with Crippen LogP contribution in [-0.2, 0) is 6.42 Å². The van der Waals surface area contributed by atoms with Crippen molar-refractivity contribution in [2.75, 3.05) is 0 Å². The summed E-state index contributed by atoms with van der Waals surface area (Å²) in [5, 5.41) is 7.67. The Balaban J connectivity index is 2.23. The van der Waals surface area contributed by atoms with Gasteiger partial charge in [0, 0.05) is 16.2 Å². The van der Waals surface area contributed by atoms with E-state index in [1.807, 2.05) is 25.1 Å². The van der Waals surface area contributed by atoms with Gasteiger partial charge in [-0.25, -0.2) is 0 Å². The Morgan fingerprint density at radius 2 is 2.18 bits per heavy atom. The van der Waals surface area contributed by atoms with Gasteiger partial charge in [0.15, 0.2) is 5.78 Å². The SMILES string of the molecule is Cc1ccc(Br)cc1C(=O)Cc1cccnn1. The molecule has 0 amide bonds. The summed E-state index contributed by atoms with van der Waals surface area (Å²) in [6.45, 7) is 1.93. The molecule has 1 aromatic carbocycles. The summed E-state index contributed by atoms with van der Waals surface area (Å²) < 4.78 is 0.908. The molecule has 0 aliphatic heterocycles. The van der Waals surface area contributed by atoms with Crippen molar-refractivity contribution in [3.63, 3.8) is 0 Å². The van der Waals surface area contributed by atoms with E-state index in [0.29, 0.717) is 5.69 Å². The van der Waals surface area contributed by atoms with Crippen molar-refractivity contribution in [3.8, 4) is 0 Å². The van der Waals surface area contributed by atoms with Crippen molar-refractivity contribution in [3.05, 3.63) is 57.8 Å². The quantitative estimate of drug-likeness (QED) is 0.816. The number of ketones is 1. The molecule has 0 aliphatic carbocycles. The standard InChI is InChI=1S/C13H11BrN2O/c1-9-4-5-10(14)7-12(9)13(17)8-11-3-2-6-15-16-11/h2-7H,8H2,1H3. The number of rotatable bonds is 3. The Morgan fingerprint density at radius 1 is 1.35 bits per heavy atom. The molecule has 2 aromatic rings. The molecule has 0 bridgehead atoms. The third-order valence-corrected chi connectivity index (χ3v) is 2.96. The second-order valence-electron chi connectivity index (χ2n) is 3.77. The van der Waals surface area contributed by atoms with Crippen LogP contribution >= 0.6 is 15.9 Å². The van der Waals surface area contributed by atoms with E-state index in [9.17, 15) is 4.79 Å². The number of Topliss-reactive ketones (excluding diaryl/α,β-unsaturated/α-hetero) is 1. The van der Waals surface area contributed by atoms with E-state index in [-0.39, 0.29) is 12.2 Å². The minimum atomic E-state index is 0.0595. The van der Waals surface area contributed by atoms with Crippen LogP contribution in [0.5, 0.6) is 0 Å². The summed E-state index contributed by atoms with van der Waals surface area (Å²) in [5.41, 5.74) is 2.39. The fourth-order valence-electron chi connectivity index (χ4n) is 1.58. The lowest BCUT2D eigenvalue weighted by Gasteiger charge is -2.05. The minimum Gasteiger partial charge on any atom is -0.294 e. The topological polar surface area (TPSA) is 42.9 Å². The number of halogens is 1. The maximum absolute atomic E-state index is 12.1. The van der Waals surface area contributed by atoms with Gasteiger partial charge in [-0.05, 0) is 36.8 Å². The average Bonchev–Trinajstić information content (AvgIpc) is 2.33. The van der Waals surface area contributed by atoms with E-state index in [2.05, 4.69) is 26.1 Å². The third kappa shape index (κ3) is 2.97. The molecule has 0 N–H and O–H groups in total. The molecule has 2 rings (SSSR count). The van der Waals surface area contributed by atoms with Gasteiger partial charge in [-0.3, -0.25) is 4.79 Å². The molecule has 1 heterocycles. The minimum absolute atomic E-state index is 0.0595. The van der Waals surface area contributed by atoms with Gasteiger partial charge in [0.05, 0.1) is 12.1 Å². The van der Waals surface area contributed by atoms with E-state index in [1.165, 1.54) is 0 Å². The van der Waals surface area contributed by atoms with E-state index in [0.717, 1.165) is 15.6 Å². The summed E-state index contributed by atoms with van der Waals surface area (Å²) in [6, 6.07) is 9.28. The van der Waals surface area contributed by atoms with Gasteiger partial charge in [0.1, 0.15) is 0 Å². The monoisotopic (exact) mass is 290 g/mol. The molecule has 0 unspecified atom stereocenters. The van der Waals surface area contributed by atoms with Gasteiger partial charge >= 0.3 is 0 Å². The summed E-state index contributed by atoms with van der Waals surface area (Å²) in [6.07, 6.45) is 1.88. The lowest BCUT2D eigenvalue weighted by atomic mass is 10.0. The van der Waals surface area contributed by atoms with Crippen LogP contribution in [0.25, 0.3) is 0 Å². The molecule has 0 aliphatic rings. The average molecular weight is 291 g/mol. The van der Waals surface area contributed by atoms with Crippen molar-refractivity contribution >= 4 is 21.7 Å². The van der Waals surface area contributed by atoms with Crippen LogP contribution in [0.3, 0.4) is 0 Å². The molecule has 4 heteroatoms. The van der Waals surface area contributed by atoms with Crippen LogP contribution in [-0.4, -0.2) is 16.0 Å². The second-order valence-corrected chi connectivity index (χ2v) is 4.69. The molecule has 0 spiro atoms. The first kappa shape index (κ1) is 11.9. The largest absolute Gasteiger partial charge is 0.294 e. The van der Waals surface area contributed by atoms with Crippen LogP contribution in [0.15, 0.2) is 41.0 Å². The van der Waals surface area contributed by atoms with Crippen molar-refractivity contribution in [2.24, 2.45) is 0 Å². The molecule has 0 atom stereocenters. The normalized spacial score (nSPS) is 10.2. The first-order valence-electron chi connectivity index (χ1n) is 5.23. The molecular weight excluding hydrogens is 280 g/mol. The predicted octanol–water partition coefficient (Wildman–Crippen LogP) is 2.97. The van der Waals surface area contributed by atoms with Crippen LogP contribution in [0.4, 0.5) is 0 Å². The number of aromatic nitrogens is 2. The molecule has 0 radical (unpaired) electrons. The number of hydrogen-bond donors (Lipinski definition) is 0. The maximum atomic E-state index is 12.1. The van der Waals surface area contributed by atoms with E-state index < -0.39 is 0 Å². The molecule has 0 fully saturated rings. The van der Waals surface area contributed by atoms with Gasteiger partial charge in [0.2, 0.25) is 0 Å². The van der Waals surface area contributed by atoms with Gasteiger partial charge in [0.25, 0.3) is 0 Å². The number of carbonyl (C=O) groups excluding carboxylic acids is 1. The summed E-state index contributed by atoms with van der Waals surface area (Å²) in [7, 11) is 0. The zero-order valence-electron chi connectivity index (χ0n) is 9.35. The van der Waals surface area contributed by atoms with Crippen molar-refractivity contribution in [1.29, 1.82) is 0 Å². The fourth-order valence-corrected chi connectivity index (χ4v) is 1.94. The van der Waals surface area contributed by atoms with Crippen LogP contribution in [0, 0.1) is 6.92 Å². The molecule has 0 saturated heterocycles. The molecule has 0 saturated carbocycles. The summed E-state index contributed by atoms with van der Waals surface area (Å²) >= 11 is 3.37. The van der Waals surface area contributed by atoms with E-state index in [1.54, 1.807) is 18.3 Å². The van der Waals surface area contributed by atoms with Crippen molar-refractivity contribution in [2.45, 2.75) is 13.3 Å². The van der Waals surface area contributed by atoms with Crippen molar-refractivity contribution in [1.82, 2.24) is 10.2 Å². The number of carbonyl (C=O) groups is 1. The molecule has 17 heavy (non-hydrogen) atoms. The Bertz CT molecular complexity index is 540. The van der Waals surface area contributed by atoms with Gasteiger partial charge in [-0.15, -0.1) is 0 Å². The highest BCUT2D eigenvalue weighted by molar-refractivity contribution is 9.10. The Labute approximate surface area is 108 Å². The van der Waals surface area contributed by atoms with E-state index in [4.69, 9.17) is 0 Å². The van der Waals surface area contributed by atoms with Crippen LogP contribution in [0.2, 0.25) is 0 Å². The van der Waals surface area contributed by atoms with Gasteiger partial charge < -0.3 is 0 Å². The first-order chi connectivity index (χ1) is 8.16. The highest BCUT2D eigenvalue weighted by Crippen LogP contribution is 2.17. The van der Waals surface area contributed by atoms with Gasteiger partial charge in [-0.1, -0.05) is 22.0 Å². The number of hydrogen-bond acceptors (Lipinski definition) is 3. The van der Waals surface area contributed by atoms with E-state index >= 15 is 0 Å². The summed E-state index contributed by atoms with van der Waals surface area (Å²) in [4.78, 5) is 12.1. The molecule has 1 aromatic heterocycles. The smallest absolute Gasteiger partial charge is 0.169 e. The summed E-state index contributed by atoms with van der Waals surface area (Å²) in [5.74, 6) is 0.0595. The number of nitrogens with zero attached hydrogens (tertiary/aromatic N) is 2. The molecule has 86 valence electrons. The highest BCUT2D eigenvalue weighted by Gasteiger charge is 2.11. The Morgan fingerprint density at radius 3 is 2.88 bits per heavy atom. The second kappa shape index (κ2) is 5.19. The molecular formula is C13H11BrN2O. The van der Waals surface area contributed by atoms with Gasteiger partial charge in [-0.2, -0.15) is 10.2 Å². The lowest BCUT2D eigenvalue weighted by molar-refractivity contribution is 0.0991. The first-order valence-corrected chi connectivity index (χ1v) is 6.02. The highest BCUT2D eigenvalue weighted by atomic mass is 79.9. The maximum Gasteiger partial charge on any atom is 0.169 e. The Kier molecular flexibility index (Phi) is 3.64. The number of benzene rings is 1. The van der Waals surface area contributed by atoms with Crippen LogP contribution in [0.1, 0.15) is 21.6 Å². The zero-order chi connectivity index (χ0) is 12.3. The zero-order valence-corrected chi connectivity index (χ0v) is 10.9. The fraction of sp³-hybridized carbons (Fsp3) is 0.154. The third-order valence-electron chi connectivity index (χ3n) is 2.47. The number of aryl methyl sites for hydroxylation is 1. The predicted molar refractivity (Wildman–Crippen MR) is 68.9 cm³/mol. The Hall–Kier alpha value is -1.55. The van der Waals surface area contributed by atoms with Crippen LogP contribution < -0.4 is 0 Å². The lowest BCUT2D eigenvalue weighted by Crippen LogP contribution is -2.07.